The minimum Gasteiger partial charge on any atom is -0.392 e. The van der Waals surface area contributed by atoms with E-state index in [1.165, 1.54) is 0 Å². The fourth-order valence-electron chi connectivity index (χ4n) is 4.23. The normalized spacial score (nSPS) is 22.9. The molecule has 2 saturated heterocycles. The lowest BCUT2D eigenvalue weighted by Crippen LogP contribution is -2.47. The van der Waals surface area contributed by atoms with Gasteiger partial charge in [-0.15, -0.1) is 0 Å². The van der Waals surface area contributed by atoms with E-state index in [4.69, 9.17) is 0 Å². The second kappa shape index (κ2) is 9.38. The maximum Gasteiger partial charge on any atom is 0.416 e. The van der Waals surface area contributed by atoms with Gasteiger partial charge in [0.1, 0.15) is 5.78 Å². The van der Waals surface area contributed by atoms with Gasteiger partial charge >= 0.3 is 12.4 Å². The summed E-state index contributed by atoms with van der Waals surface area (Å²) in [6.45, 7) is 1.17. The second-order valence-corrected chi connectivity index (χ2v) is 8.45. The molecule has 0 unspecified atom stereocenters. The van der Waals surface area contributed by atoms with E-state index in [-0.39, 0.29) is 29.9 Å². The Morgan fingerprint density at radius 3 is 2.03 bits per heavy atom. The number of alkyl halides is 6. The lowest BCUT2D eigenvalue weighted by molar-refractivity contribution is -0.143. The number of halogens is 6. The highest BCUT2D eigenvalue weighted by Gasteiger charge is 2.37. The third-order valence-electron chi connectivity index (χ3n) is 5.90. The SMILES string of the molecule is O=C(Cc1cc(C(F)(F)F)cc(C(F)(F)F)c1)CC1CCN(C(=O)[C@@H]2C[C@@H](O)CN2)CC1. The van der Waals surface area contributed by atoms with Crippen LogP contribution in [0, 0.1) is 5.92 Å². The molecule has 2 heterocycles. The topological polar surface area (TPSA) is 69.6 Å². The van der Waals surface area contributed by atoms with Crippen LogP contribution in [0.4, 0.5) is 26.3 Å². The number of ketones is 1. The molecule has 3 rings (SSSR count). The zero-order chi connectivity index (χ0) is 23.7. The molecule has 0 aliphatic carbocycles. The molecule has 1 amide bonds. The molecule has 2 aliphatic heterocycles. The van der Waals surface area contributed by atoms with Gasteiger partial charge in [-0.2, -0.15) is 26.3 Å². The van der Waals surface area contributed by atoms with Crippen molar-refractivity contribution in [2.24, 2.45) is 5.92 Å². The summed E-state index contributed by atoms with van der Waals surface area (Å²) >= 11 is 0. The monoisotopic (exact) mass is 466 g/mol. The van der Waals surface area contributed by atoms with Crippen LogP contribution in [0.2, 0.25) is 0 Å². The molecule has 0 spiro atoms. The van der Waals surface area contributed by atoms with Crippen molar-refractivity contribution < 1.29 is 41.0 Å². The van der Waals surface area contributed by atoms with Crippen LogP contribution in [-0.2, 0) is 28.4 Å². The first kappa shape index (κ1) is 24.5. The van der Waals surface area contributed by atoms with E-state index in [9.17, 15) is 41.0 Å². The van der Waals surface area contributed by atoms with Crippen molar-refractivity contribution in [2.75, 3.05) is 19.6 Å². The third-order valence-corrected chi connectivity index (χ3v) is 5.90. The standard InChI is InChI=1S/C21H24F6N2O3/c22-20(23,24)14-5-13(6-15(9-14)21(25,26)27)8-16(30)7-12-1-3-29(4-2-12)19(32)18-10-17(31)11-28-18/h5-6,9,12,17-18,28,31H,1-4,7-8,10-11H2/t17-,18+/m1/s1. The molecule has 178 valence electrons. The zero-order valence-electron chi connectivity index (χ0n) is 17.1. The highest BCUT2D eigenvalue weighted by molar-refractivity contribution is 5.83. The Bertz CT molecular complexity index is 815. The van der Waals surface area contributed by atoms with Gasteiger partial charge < -0.3 is 15.3 Å². The van der Waals surface area contributed by atoms with Gasteiger partial charge in [-0.1, -0.05) is 0 Å². The Morgan fingerprint density at radius 1 is 1.00 bits per heavy atom. The van der Waals surface area contributed by atoms with E-state index in [2.05, 4.69) is 5.32 Å². The molecule has 32 heavy (non-hydrogen) atoms. The smallest absolute Gasteiger partial charge is 0.392 e. The van der Waals surface area contributed by atoms with Gasteiger partial charge in [0.25, 0.3) is 0 Å². The summed E-state index contributed by atoms with van der Waals surface area (Å²) in [5.74, 6) is -0.653. The van der Waals surface area contributed by atoms with Gasteiger partial charge in [0.2, 0.25) is 5.91 Å². The summed E-state index contributed by atoms with van der Waals surface area (Å²) < 4.78 is 77.9. The van der Waals surface area contributed by atoms with Gasteiger partial charge in [0, 0.05) is 32.5 Å². The van der Waals surface area contributed by atoms with Gasteiger partial charge in [-0.05, 0) is 48.9 Å². The number of aliphatic hydroxyl groups excluding tert-OH is 1. The molecule has 2 aliphatic rings. The second-order valence-electron chi connectivity index (χ2n) is 8.45. The molecule has 1 aromatic carbocycles. The van der Waals surface area contributed by atoms with Crippen LogP contribution in [-0.4, -0.2) is 53.5 Å². The number of likely N-dealkylation sites (tertiary alicyclic amines) is 1. The van der Waals surface area contributed by atoms with Crippen LogP contribution in [0.3, 0.4) is 0 Å². The van der Waals surface area contributed by atoms with Crippen molar-refractivity contribution in [3.05, 3.63) is 34.9 Å². The van der Waals surface area contributed by atoms with Gasteiger partial charge in [-0.3, -0.25) is 9.59 Å². The summed E-state index contributed by atoms with van der Waals surface area (Å²) in [4.78, 5) is 26.5. The van der Waals surface area contributed by atoms with Crippen molar-refractivity contribution in [1.29, 1.82) is 0 Å². The number of piperidine rings is 1. The van der Waals surface area contributed by atoms with E-state index < -0.39 is 47.8 Å². The molecule has 11 heteroatoms. The van der Waals surface area contributed by atoms with E-state index in [0.29, 0.717) is 51.0 Å². The molecule has 1 aromatic rings. The number of amides is 1. The van der Waals surface area contributed by atoms with Crippen LogP contribution in [0.1, 0.15) is 42.4 Å². The van der Waals surface area contributed by atoms with Crippen LogP contribution < -0.4 is 5.32 Å². The predicted octanol–water partition coefficient (Wildman–Crippen LogP) is 3.19. The van der Waals surface area contributed by atoms with E-state index in [1.54, 1.807) is 4.90 Å². The first-order valence-corrected chi connectivity index (χ1v) is 10.3. The molecule has 5 nitrogen and oxygen atoms in total. The number of rotatable bonds is 5. The van der Waals surface area contributed by atoms with Crippen LogP contribution in [0.15, 0.2) is 18.2 Å². The van der Waals surface area contributed by atoms with Crippen molar-refractivity contribution in [3.8, 4) is 0 Å². The minimum absolute atomic E-state index is 0.0278. The first-order chi connectivity index (χ1) is 14.8. The van der Waals surface area contributed by atoms with Crippen LogP contribution >= 0.6 is 0 Å². The summed E-state index contributed by atoms with van der Waals surface area (Å²) in [5.41, 5.74) is -3.20. The molecule has 2 atom stereocenters. The highest BCUT2D eigenvalue weighted by atomic mass is 19.4. The fraction of sp³-hybridized carbons (Fsp3) is 0.619. The average Bonchev–Trinajstić information content (AvgIpc) is 3.12. The number of nitrogens with one attached hydrogen (secondary N) is 1. The number of nitrogens with zero attached hydrogens (tertiary/aromatic N) is 1. The number of aliphatic hydroxyl groups is 1. The number of Topliss-reactive ketones (excluding diaryl/α,β-unsaturated/α-hetero) is 1. The van der Waals surface area contributed by atoms with Gasteiger partial charge in [-0.25, -0.2) is 0 Å². The first-order valence-electron chi connectivity index (χ1n) is 10.3. The van der Waals surface area contributed by atoms with Crippen LogP contribution in [0.25, 0.3) is 0 Å². The van der Waals surface area contributed by atoms with Crippen LogP contribution in [0.5, 0.6) is 0 Å². The summed E-state index contributed by atoms with van der Waals surface area (Å²) in [5, 5.41) is 12.5. The average molecular weight is 466 g/mol. The highest BCUT2D eigenvalue weighted by Crippen LogP contribution is 2.36. The Morgan fingerprint density at radius 2 is 1.56 bits per heavy atom. The minimum atomic E-state index is -4.96. The quantitative estimate of drug-likeness (QED) is 0.655. The fourth-order valence-corrected chi connectivity index (χ4v) is 4.23. The van der Waals surface area contributed by atoms with Crippen molar-refractivity contribution in [1.82, 2.24) is 10.2 Å². The largest absolute Gasteiger partial charge is 0.416 e. The molecular formula is C21H24F6N2O3. The molecular weight excluding hydrogens is 442 g/mol. The molecule has 0 aromatic heterocycles. The lowest BCUT2D eigenvalue weighted by Gasteiger charge is -2.33. The Kier molecular flexibility index (Phi) is 7.18. The van der Waals surface area contributed by atoms with Crippen molar-refractivity contribution in [2.45, 2.75) is 56.6 Å². The van der Waals surface area contributed by atoms with E-state index in [1.807, 2.05) is 0 Å². The summed E-state index contributed by atoms with van der Waals surface area (Å²) in [6.07, 6.45) is -9.59. The van der Waals surface area contributed by atoms with Gasteiger partial charge in [0.15, 0.2) is 0 Å². The predicted molar refractivity (Wildman–Crippen MR) is 101 cm³/mol. The summed E-state index contributed by atoms with van der Waals surface area (Å²) in [6, 6.07) is 0.764. The molecule has 2 N–H and O–H groups in total. The molecule has 2 fully saturated rings. The molecule has 0 bridgehead atoms. The maximum absolute atomic E-state index is 13.0. The van der Waals surface area contributed by atoms with E-state index in [0.717, 1.165) is 0 Å². The maximum atomic E-state index is 13.0. The number of hydrogen-bond acceptors (Lipinski definition) is 4. The number of carbonyl (C=O) groups is 2. The number of carbonyl (C=O) groups excluding carboxylic acids is 2. The lowest BCUT2D eigenvalue weighted by atomic mass is 9.89. The number of hydrogen-bond donors (Lipinski definition) is 2. The Hall–Kier alpha value is -2.14. The van der Waals surface area contributed by atoms with Crippen molar-refractivity contribution >= 4 is 11.7 Å². The summed E-state index contributed by atoms with van der Waals surface area (Å²) in [7, 11) is 0. The molecule has 0 radical (unpaired) electrons. The number of β-amino-alcohol motifs (C(OH)–C–C–N with tert-alkyl or cyclic N) is 1. The van der Waals surface area contributed by atoms with E-state index >= 15 is 0 Å². The zero-order valence-corrected chi connectivity index (χ0v) is 17.1. The molecule has 0 saturated carbocycles. The Labute approximate surface area is 180 Å². The Balaban J connectivity index is 1.57. The number of benzene rings is 1. The van der Waals surface area contributed by atoms with Crippen molar-refractivity contribution in [3.63, 3.8) is 0 Å². The van der Waals surface area contributed by atoms with Gasteiger partial charge in [0.05, 0.1) is 23.3 Å². The third kappa shape index (κ3) is 6.22.